The fraction of sp³-hybridized carbons (Fsp3) is 0.333. The van der Waals surface area contributed by atoms with E-state index in [1.54, 1.807) is 0 Å². The predicted octanol–water partition coefficient (Wildman–Crippen LogP) is -9.16. The van der Waals surface area contributed by atoms with Gasteiger partial charge in [0.05, 0.1) is 21.7 Å². The number of carboxylic acid groups (broad SMARTS) is 1. The van der Waals surface area contributed by atoms with Crippen LogP contribution in [0.25, 0.3) is 0 Å². The van der Waals surface area contributed by atoms with Crippen molar-refractivity contribution in [2.75, 3.05) is 24.3 Å². The number of thioether (sulfide) groups is 2. The van der Waals surface area contributed by atoms with Crippen molar-refractivity contribution in [1.29, 1.82) is 0 Å². The number of aliphatic carboxylic acids is 1. The number of aromatic nitrogens is 4. The number of carboxylic acids is 1. The topological polar surface area (TPSA) is 221 Å². The number of anilines is 1. The first-order valence-electron chi connectivity index (χ1n) is 11.2. The molecule has 15 nitrogen and oxygen atoms in total. The zero-order chi connectivity index (χ0) is 28.6. The molecule has 0 aromatic carbocycles. The molecule has 1 saturated heterocycles. The average molecular weight is 602 g/mol. The standard InChI is InChI=1S/C18H18N8O7S3.2Na/c1-25-18(22-12(28)13(29)23-25)36-4-6-3-34-15-9(14(30)26(15)10(6)16(31)32)21-11(27)8(24-33-2)7-5-35-17(19)20-7;;/h5,9,15H,3-4H2,1-2H3,(H2,19,20)(H,21,27)(H,23,29)(H,31,32);;/q;2*+1/p-2/b24-8+;;/t9-,15-;;/m1../s1/i2D3;;. The number of oxime groups is 1. The van der Waals surface area contributed by atoms with Gasteiger partial charge >= 0.3 is 59.1 Å². The summed E-state index contributed by atoms with van der Waals surface area (Å²) in [6.07, 6.45) is 0. The number of nitrogens with one attached hydrogen (secondary N) is 1. The monoisotopic (exact) mass is 601 g/mol. The van der Waals surface area contributed by atoms with Crippen molar-refractivity contribution in [3.63, 3.8) is 0 Å². The van der Waals surface area contributed by atoms with Gasteiger partial charge in [-0.05, 0) is 5.57 Å². The van der Waals surface area contributed by atoms with Crippen LogP contribution in [0.1, 0.15) is 9.81 Å². The van der Waals surface area contributed by atoms with E-state index in [0.717, 1.165) is 44.4 Å². The Hall–Kier alpha value is -1.64. The smallest absolute Gasteiger partial charge is 0.854 e. The van der Waals surface area contributed by atoms with E-state index < -0.39 is 59.1 Å². The number of fused-ring (bicyclic) bond motifs is 1. The number of hydrogen-bond acceptors (Lipinski definition) is 15. The van der Waals surface area contributed by atoms with Crippen molar-refractivity contribution in [2.24, 2.45) is 12.2 Å². The van der Waals surface area contributed by atoms with Crippen molar-refractivity contribution in [2.45, 2.75) is 16.6 Å². The van der Waals surface area contributed by atoms with Crippen molar-refractivity contribution in [3.8, 4) is 5.88 Å². The van der Waals surface area contributed by atoms with Crippen LogP contribution in [0.5, 0.6) is 5.88 Å². The maximum absolute atomic E-state index is 13.0. The van der Waals surface area contributed by atoms with Gasteiger partial charge in [-0.3, -0.25) is 19.3 Å². The van der Waals surface area contributed by atoms with E-state index >= 15 is 0 Å². The van der Waals surface area contributed by atoms with Crippen LogP contribution in [0.3, 0.4) is 0 Å². The summed E-state index contributed by atoms with van der Waals surface area (Å²) in [5, 5.41) is 33.2. The summed E-state index contributed by atoms with van der Waals surface area (Å²) in [7, 11) is -1.57. The fourth-order valence-electron chi connectivity index (χ4n) is 3.35. The van der Waals surface area contributed by atoms with Crippen LogP contribution in [-0.4, -0.2) is 78.1 Å². The molecule has 2 aromatic rings. The Balaban J connectivity index is 0.00000294. The fourth-order valence-corrected chi connectivity index (χ4v) is 6.29. The van der Waals surface area contributed by atoms with E-state index in [1.807, 2.05) is 0 Å². The van der Waals surface area contributed by atoms with E-state index in [4.69, 9.17) is 9.85 Å². The van der Waals surface area contributed by atoms with Crippen molar-refractivity contribution in [3.05, 3.63) is 32.7 Å². The van der Waals surface area contributed by atoms with E-state index in [-0.39, 0.29) is 92.2 Å². The maximum atomic E-state index is 13.0. The number of nitrogens with zero attached hydrogens (tertiary/aromatic N) is 6. The molecular weight excluding hydrogens is 582 g/mol. The summed E-state index contributed by atoms with van der Waals surface area (Å²) in [5.74, 6) is -4.33. The van der Waals surface area contributed by atoms with E-state index in [0.29, 0.717) is 0 Å². The molecule has 0 spiro atoms. The number of rotatable bonds is 8. The van der Waals surface area contributed by atoms with Gasteiger partial charge in [-0.1, -0.05) is 16.9 Å². The van der Waals surface area contributed by atoms with Gasteiger partial charge in [-0.15, -0.1) is 23.1 Å². The molecule has 2 atom stereocenters. The van der Waals surface area contributed by atoms with Crippen LogP contribution in [0.2, 0.25) is 0 Å². The molecule has 2 aromatic heterocycles. The number of nitrogen functional groups attached to an aromatic ring is 1. The van der Waals surface area contributed by atoms with Gasteiger partial charge in [0, 0.05) is 23.9 Å². The van der Waals surface area contributed by atoms with Crippen LogP contribution < -0.4 is 85.9 Å². The molecule has 0 saturated carbocycles. The number of carbonyl (C=O) groups excluding carboxylic acids is 3. The van der Waals surface area contributed by atoms with Gasteiger partial charge in [0.1, 0.15) is 24.1 Å². The third-order valence-corrected chi connectivity index (χ3v) is 8.04. The van der Waals surface area contributed by atoms with Crippen molar-refractivity contribution < 1.29 is 92.7 Å². The summed E-state index contributed by atoms with van der Waals surface area (Å²) in [4.78, 5) is 62.3. The zero-order valence-corrected chi connectivity index (χ0v) is 26.4. The molecular formula is C18H16N8Na2O7S3. The molecule has 20 heteroatoms. The molecule has 0 radical (unpaired) electrons. The Bertz CT molecular complexity index is 1490. The summed E-state index contributed by atoms with van der Waals surface area (Å²) in [6, 6.07) is -1.18. The number of amides is 2. The minimum Gasteiger partial charge on any atom is -0.854 e. The Morgan fingerprint density at radius 2 is 2.13 bits per heavy atom. The van der Waals surface area contributed by atoms with Crippen molar-refractivity contribution in [1.82, 2.24) is 30.0 Å². The molecule has 0 unspecified atom stereocenters. The zero-order valence-electron chi connectivity index (χ0n) is 23.0. The molecule has 4 heterocycles. The van der Waals surface area contributed by atoms with Gasteiger partial charge in [0.15, 0.2) is 16.0 Å². The molecule has 190 valence electrons. The number of thiazole rings is 1. The van der Waals surface area contributed by atoms with Crippen LogP contribution in [-0.2, 0) is 26.3 Å². The second kappa shape index (κ2) is 13.6. The van der Waals surface area contributed by atoms with Crippen molar-refractivity contribution >= 4 is 63.5 Å². The molecule has 2 amide bonds. The first-order chi connectivity index (χ1) is 18.3. The molecule has 2 aliphatic heterocycles. The van der Waals surface area contributed by atoms with Gasteiger partial charge < -0.3 is 30.9 Å². The Kier molecular flexibility index (Phi) is 10.0. The number of carbonyl (C=O) groups is 3. The normalized spacial score (nSPS) is 20.0. The maximum Gasteiger partial charge on any atom is 1.00 e. The number of hydrogen-bond donors (Lipinski definition) is 2. The van der Waals surface area contributed by atoms with Gasteiger partial charge in [-0.25, -0.2) is 9.67 Å². The largest absolute Gasteiger partial charge is 1.00 e. The molecule has 3 N–H and O–H groups in total. The second-order valence-electron chi connectivity index (χ2n) is 7.12. The summed E-state index contributed by atoms with van der Waals surface area (Å²) < 4.78 is 22.5. The van der Waals surface area contributed by atoms with Gasteiger partial charge in [-0.2, -0.15) is 10.1 Å². The van der Waals surface area contributed by atoms with Gasteiger partial charge in [0.25, 0.3) is 17.4 Å². The third-order valence-electron chi connectivity index (χ3n) is 4.92. The van der Waals surface area contributed by atoms with Crippen LogP contribution >= 0.6 is 34.9 Å². The summed E-state index contributed by atoms with van der Waals surface area (Å²) in [6.45, 7) is 0. The Labute approximate surface area is 275 Å². The Morgan fingerprint density at radius 1 is 1.39 bits per heavy atom. The molecule has 0 aliphatic carbocycles. The summed E-state index contributed by atoms with van der Waals surface area (Å²) >= 11 is 3.04. The number of aryl methyl sites for hydroxylation is 1. The molecule has 38 heavy (non-hydrogen) atoms. The second-order valence-corrected chi connectivity index (χ2v) is 10.1. The summed E-state index contributed by atoms with van der Waals surface area (Å²) in [5.41, 5.74) is 3.78. The quantitative estimate of drug-likeness (QED) is 0.0945. The first-order valence-corrected chi connectivity index (χ1v) is 12.6. The first kappa shape index (κ1) is 27.9. The SMILES string of the molecule is [2H]C([2H])([2H])O/N=C(/C(=O)N[C@@H]1C(=O)N2C(C(=O)[O-])=C(CSc3nc(=O)c([O-])nn3C)CS[C@H]12)c1csc(N)n1.[Na+].[Na+]. The minimum absolute atomic E-state index is 0. The number of nitrogens with two attached hydrogens (primary N) is 1. The van der Waals surface area contributed by atoms with E-state index in [9.17, 15) is 29.4 Å². The molecule has 0 bridgehead atoms. The minimum atomic E-state index is -2.97. The van der Waals surface area contributed by atoms with E-state index in [1.165, 1.54) is 12.4 Å². The third kappa shape index (κ3) is 6.56. The van der Waals surface area contributed by atoms with Gasteiger partial charge in [0.2, 0.25) is 0 Å². The van der Waals surface area contributed by atoms with Crippen LogP contribution in [0.4, 0.5) is 5.13 Å². The molecule has 2 aliphatic rings. The molecule has 4 rings (SSSR count). The average Bonchev–Trinajstić information content (AvgIpc) is 3.28. The molecule has 1 fully saturated rings. The number of β-lactam (4-membered cyclic amide) rings is 1. The Morgan fingerprint density at radius 3 is 2.76 bits per heavy atom. The van der Waals surface area contributed by atoms with Crippen LogP contribution in [0, 0.1) is 0 Å². The van der Waals surface area contributed by atoms with E-state index in [2.05, 4.69) is 30.4 Å². The van der Waals surface area contributed by atoms with Crippen LogP contribution in [0.15, 0.2) is 31.8 Å². The predicted molar refractivity (Wildman–Crippen MR) is 125 cm³/mol.